The Balaban J connectivity index is 2.34. The van der Waals surface area contributed by atoms with Crippen LogP contribution in [0.2, 0.25) is 10.0 Å². The van der Waals surface area contributed by atoms with E-state index in [0.29, 0.717) is 0 Å². The van der Waals surface area contributed by atoms with E-state index in [0.717, 1.165) is 0 Å². The van der Waals surface area contributed by atoms with Gasteiger partial charge in [0.15, 0.2) is 11.6 Å². The van der Waals surface area contributed by atoms with Gasteiger partial charge in [0.2, 0.25) is 0 Å². The van der Waals surface area contributed by atoms with Gasteiger partial charge in [-0.1, -0.05) is 29.3 Å². The third kappa shape index (κ3) is 2.84. The summed E-state index contributed by atoms with van der Waals surface area (Å²) < 4.78 is 14.0. The summed E-state index contributed by atoms with van der Waals surface area (Å²) in [6, 6.07) is 6.07. The number of amides is 1. The van der Waals surface area contributed by atoms with Crippen LogP contribution in [0.15, 0.2) is 30.5 Å². The van der Waals surface area contributed by atoms with E-state index in [1.807, 2.05) is 0 Å². The first-order valence-corrected chi connectivity index (χ1v) is 6.37. The molecule has 1 aromatic heterocycles. The van der Waals surface area contributed by atoms with E-state index < -0.39 is 11.7 Å². The number of hydrogen-bond acceptors (Lipinski definition) is 3. The minimum atomic E-state index is -0.740. The van der Waals surface area contributed by atoms with Crippen LogP contribution in [0.25, 0.3) is 0 Å². The van der Waals surface area contributed by atoms with Gasteiger partial charge >= 0.3 is 0 Å². The number of carbonyl (C=O) groups is 1. The molecule has 0 aliphatic heterocycles. The van der Waals surface area contributed by atoms with Crippen molar-refractivity contribution in [1.82, 2.24) is 4.98 Å². The van der Waals surface area contributed by atoms with Crippen LogP contribution in [0.1, 0.15) is 10.4 Å². The number of para-hydroxylation sites is 1. The number of carbonyl (C=O) groups excluding carboxylic acids is 1. The SMILES string of the molecule is CNc1nccc(C(=O)Nc2c(Cl)cccc2Cl)c1F. The highest BCUT2D eigenvalue weighted by Gasteiger charge is 2.17. The van der Waals surface area contributed by atoms with Crippen LogP contribution in [0.4, 0.5) is 15.9 Å². The van der Waals surface area contributed by atoms with Crippen molar-refractivity contribution in [2.75, 3.05) is 17.7 Å². The van der Waals surface area contributed by atoms with Gasteiger partial charge in [-0.05, 0) is 18.2 Å². The number of benzene rings is 1. The molecule has 0 spiro atoms. The van der Waals surface area contributed by atoms with Gasteiger partial charge in [0, 0.05) is 13.2 Å². The lowest BCUT2D eigenvalue weighted by molar-refractivity contribution is 0.102. The van der Waals surface area contributed by atoms with Gasteiger partial charge in [-0.3, -0.25) is 4.79 Å². The first-order valence-electron chi connectivity index (χ1n) is 5.62. The number of rotatable bonds is 3. The molecule has 0 bridgehead atoms. The zero-order chi connectivity index (χ0) is 14.7. The van der Waals surface area contributed by atoms with Crippen molar-refractivity contribution in [2.45, 2.75) is 0 Å². The van der Waals surface area contributed by atoms with E-state index in [9.17, 15) is 9.18 Å². The van der Waals surface area contributed by atoms with Crippen molar-refractivity contribution >= 4 is 40.6 Å². The summed E-state index contributed by atoms with van der Waals surface area (Å²) >= 11 is 11.9. The minimum absolute atomic E-state index is 0.0112. The molecule has 0 aliphatic carbocycles. The van der Waals surface area contributed by atoms with Crippen LogP contribution < -0.4 is 10.6 Å². The third-order valence-electron chi connectivity index (χ3n) is 2.57. The molecule has 4 nitrogen and oxygen atoms in total. The van der Waals surface area contributed by atoms with Crippen LogP contribution in [0.5, 0.6) is 0 Å². The molecule has 7 heteroatoms. The Hall–Kier alpha value is -1.85. The lowest BCUT2D eigenvalue weighted by atomic mass is 10.2. The van der Waals surface area contributed by atoms with Crippen molar-refractivity contribution in [2.24, 2.45) is 0 Å². The molecule has 2 rings (SSSR count). The van der Waals surface area contributed by atoms with E-state index in [1.165, 1.54) is 19.3 Å². The molecule has 2 N–H and O–H groups in total. The predicted octanol–water partition coefficient (Wildman–Crippen LogP) is 3.82. The van der Waals surface area contributed by atoms with Crippen LogP contribution >= 0.6 is 23.2 Å². The smallest absolute Gasteiger partial charge is 0.258 e. The fourth-order valence-corrected chi connectivity index (χ4v) is 2.08. The van der Waals surface area contributed by atoms with Crippen LogP contribution in [0.3, 0.4) is 0 Å². The third-order valence-corrected chi connectivity index (χ3v) is 3.20. The van der Waals surface area contributed by atoms with E-state index in [1.54, 1.807) is 18.2 Å². The molecule has 1 amide bonds. The second-order valence-electron chi connectivity index (χ2n) is 3.82. The summed E-state index contributed by atoms with van der Waals surface area (Å²) in [6.45, 7) is 0. The van der Waals surface area contributed by atoms with Gasteiger partial charge in [-0.2, -0.15) is 0 Å². The summed E-state index contributed by atoms with van der Waals surface area (Å²) in [5.41, 5.74) is 0.0865. The lowest BCUT2D eigenvalue weighted by Crippen LogP contribution is -2.15. The maximum absolute atomic E-state index is 14.0. The zero-order valence-electron chi connectivity index (χ0n) is 10.4. The Morgan fingerprint density at radius 2 is 1.90 bits per heavy atom. The number of aromatic nitrogens is 1. The van der Waals surface area contributed by atoms with Gasteiger partial charge < -0.3 is 10.6 Å². The minimum Gasteiger partial charge on any atom is -0.371 e. The Kier molecular flexibility index (Phi) is 4.42. The molecule has 1 heterocycles. The number of nitrogens with one attached hydrogen (secondary N) is 2. The van der Waals surface area contributed by atoms with Crippen molar-refractivity contribution in [3.63, 3.8) is 0 Å². The van der Waals surface area contributed by atoms with Crippen molar-refractivity contribution in [3.8, 4) is 0 Å². The van der Waals surface area contributed by atoms with Gasteiger partial charge in [0.1, 0.15) is 0 Å². The molecule has 0 saturated heterocycles. The highest BCUT2D eigenvalue weighted by Crippen LogP contribution is 2.30. The van der Waals surface area contributed by atoms with Crippen LogP contribution in [-0.2, 0) is 0 Å². The molecule has 0 atom stereocenters. The summed E-state index contributed by atoms with van der Waals surface area (Å²) in [5, 5.41) is 5.59. The first kappa shape index (κ1) is 14.6. The largest absolute Gasteiger partial charge is 0.371 e. The van der Waals surface area contributed by atoms with Gasteiger partial charge in [-0.25, -0.2) is 9.37 Å². The predicted molar refractivity (Wildman–Crippen MR) is 78.2 cm³/mol. The number of halogens is 3. The van der Waals surface area contributed by atoms with E-state index >= 15 is 0 Å². The first-order chi connectivity index (χ1) is 9.54. The molecule has 0 aliphatic rings. The van der Waals surface area contributed by atoms with Gasteiger partial charge in [0.25, 0.3) is 5.91 Å². The van der Waals surface area contributed by atoms with Crippen molar-refractivity contribution < 1.29 is 9.18 Å². The zero-order valence-corrected chi connectivity index (χ0v) is 11.9. The number of nitrogens with zero attached hydrogens (tertiary/aromatic N) is 1. The van der Waals surface area contributed by atoms with Gasteiger partial charge in [0.05, 0.1) is 21.3 Å². The second-order valence-corrected chi connectivity index (χ2v) is 4.64. The number of hydrogen-bond donors (Lipinski definition) is 2. The summed E-state index contributed by atoms with van der Waals surface area (Å²) in [5.74, 6) is -1.41. The van der Waals surface area contributed by atoms with E-state index in [4.69, 9.17) is 23.2 Å². The van der Waals surface area contributed by atoms with E-state index in [2.05, 4.69) is 15.6 Å². The van der Waals surface area contributed by atoms with Gasteiger partial charge in [-0.15, -0.1) is 0 Å². The number of pyridine rings is 1. The van der Waals surface area contributed by atoms with Crippen molar-refractivity contribution in [1.29, 1.82) is 0 Å². The summed E-state index contributed by atoms with van der Waals surface area (Å²) in [7, 11) is 1.51. The topological polar surface area (TPSA) is 54.0 Å². The molecule has 0 fully saturated rings. The highest BCUT2D eigenvalue weighted by molar-refractivity contribution is 6.40. The molecular formula is C13H10Cl2FN3O. The Morgan fingerprint density at radius 1 is 1.25 bits per heavy atom. The maximum atomic E-state index is 14.0. The Bertz CT molecular complexity index is 644. The fourth-order valence-electron chi connectivity index (χ4n) is 1.59. The average Bonchev–Trinajstić information content (AvgIpc) is 2.43. The average molecular weight is 314 g/mol. The molecule has 0 unspecified atom stereocenters. The molecular weight excluding hydrogens is 304 g/mol. The Labute approximate surface area is 124 Å². The number of anilines is 2. The fraction of sp³-hybridized carbons (Fsp3) is 0.0769. The normalized spacial score (nSPS) is 10.2. The molecule has 20 heavy (non-hydrogen) atoms. The molecule has 0 radical (unpaired) electrons. The van der Waals surface area contributed by atoms with Crippen molar-refractivity contribution in [3.05, 3.63) is 51.9 Å². The quantitative estimate of drug-likeness (QED) is 0.905. The van der Waals surface area contributed by atoms with Crippen LogP contribution in [-0.4, -0.2) is 17.9 Å². The molecule has 104 valence electrons. The summed E-state index contributed by atoms with van der Waals surface area (Å²) in [4.78, 5) is 15.8. The molecule has 0 saturated carbocycles. The highest BCUT2D eigenvalue weighted by atomic mass is 35.5. The monoisotopic (exact) mass is 313 g/mol. The lowest BCUT2D eigenvalue weighted by Gasteiger charge is -2.10. The molecule has 2 aromatic rings. The summed E-state index contributed by atoms with van der Waals surface area (Å²) in [6.07, 6.45) is 1.33. The standard InChI is InChI=1S/C13H10Cl2FN3O/c1-17-12-10(16)7(5-6-18-12)13(20)19-11-8(14)3-2-4-9(11)15/h2-6H,1H3,(H,17,18)(H,19,20). The Morgan fingerprint density at radius 3 is 2.50 bits per heavy atom. The van der Waals surface area contributed by atoms with E-state index in [-0.39, 0.29) is 27.1 Å². The second kappa shape index (κ2) is 6.07. The van der Waals surface area contributed by atoms with Crippen LogP contribution in [0, 0.1) is 5.82 Å². The maximum Gasteiger partial charge on any atom is 0.258 e. The molecule has 1 aromatic carbocycles.